The van der Waals surface area contributed by atoms with Gasteiger partial charge in [0.2, 0.25) is 0 Å². The van der Waals surface area contributed by atoms with E-state index in [1.807, 2.05) is 27.7 Å². The maximum atomic E-state index is 12.2. The second-order valence-corrected chi connectivity index (χ2v) is 5.78. The first-order valence-corrected chi connectivity index (χ1v) is 6.51. The number of allylic oxidation sites excluding steroid dienone is 3. The summed E-state index contributed by atoms with van der Waals surface area (Å²) >= 11 is 0. The molecule has 1 heterocycles. The smallest absolute Gasteiger partial charge is 0.406 e. The minimum absolute atomic E-state index is 0.275. The van der Waals surface area contributed by atoms with Gasteiger partial charge in [-0.3, -0.25) is 0 Å². The number of ether oxygens (including phenoxy) is 1. The molecule has 0 unspecified atom stereocenters. The Morgan fingerprint density at radius 2 is 1.62 bits per heavy atom. The highest BCUT2D eigenvalue weighted by Gasteiger charge is 2.50. The van der Waals surface area contributed by atoms with Gasteiger partial charge in [-0.2, -0.15) is 0 Å². The molecule has 0 N–H and O–H groups in total. The van der Waals surface area contributed by atoms with Crippen LogP contribution in [0.5, 0.6) is 0 Å². The predicted molar refractivity (Wildman–Crippen MR) is 75.3 cm³/mol. The van der Waals surface area contributed by atoms with Gasteiger partial charge < -0.3 is 14.0 Å². The van der Waals surface area contributed by atoms with Gasteiger partial charge in [0.15, 0.2) is 0 Å². The molecule has 1 saturated heterocycles. The molecule has 0 atom stereocenters. The topological polar surface area (TPSA) is 27.7 Å². The summed E-state index contributed by atoms with van der Waals surface area (Å²) in [7, 11) is -0.623. The Labute approximate surface area is 123 Å². The molecule has 0 aliphatic carbocycles. The lowest BCUT2D eigenvalue weighted by molar-refractivity contribution is -0.303. The summed E-state index contributed by atoms with van der Waals surface area (Å²) < 4.78 is 52.0. The van der Waals surface area contributed by atoms with Crippen LogP contribution in [0.3, 0.4) is 0 Å². The predicted octanol–water partition coefficient (Wildman–Crippen LogP) is 4.17. The van der Waals surface area contributed by atoms with Crippen LogP contribution in [0.2, 0.25) is 0 Å². The van der Waals surface area contributed by atoms with E-state index in [1.54, 1.807) is 5.98 Å². The largest absolute Gasteiger partial charge is 0.573 e. The van der Waals surface area contributed by atoms with E-state index in [0.717, 1.165) is 6.08 Å². The highest BCUT2D eigenvalue weighted by Crippen LogP contribution is 2.37. The normalized spacial score (nSPS) is 22.4. The molecule has 0 bridgehead atoms. The summed E-state index contributed by atoms with van der Waals surface area (Å²) in [5, 5.41) is 0. The first-order chi connectivity index (χ1) is 9.38. The third-order valence-corrected chi connectivity index (χ3v) is 3.57. The van der Waals surface area contributed by atoms with Crippen LogP contribution in [0.1, 0.15) is 34.6 Å². The zero-order valence-electron chi connectivity index (χ0n) is 12.9. The zero-order chi connectivity index (χ0) is 16.5. The van der Waals surface area contributed by atoms with E-state index in [2.05, 4.69) is 11.3 Å². The lowest BCUT2D eigenvalue weighted by Gasteiger charge is -2.32. The van der Waals surface area contributed by atoms with Crippen LogP contribution in [-0.2, 0) is 14.0 Å². The van der Waals surface area contributed by atoms with Crippen molar-refractivity contribution in [2.24, 2.45) is 0 Å². The Morgan fingerprint density at radius 1 is 1.14 bits per heavy atom. The van der Waals surface area contributed by atoms with Gasteiger partial charge in [-0.25, -0.2) is 0 Å². The number of halogens is 3. The molecule has 0 aromatic rings. The number of alkyl halides is 3. The first kappa shape index (κ1) is 17.8. The van der Waals surface area contributed by atoms with Gasteiger partial charge >= 0.3 is 13.5 Å². The van der Waals surface area contributed by atoms with Gasteiger partial charge in [-0.15, -0.1) is 13.2 Å². The molecule has 0 spiro atoms. The van der Waals surface area contributed by atoms with Crippen LogP contribution in [0.25, 0.3) is 0 Å². The fourth-order valence-corrected chi connectivity index (χ4v) is 1.68. The van der Waals surface area contributed by atoms with E-state index >= 15 is 0 Å². The van der Waals surface area contributed by atoms with Gasteiger partial charge in [0, 0.05) is 0 Å². The second-order valence-electron chi connectivity index (χ2n) is 5.78. The lowest BCUT2D eigenvalue weighted by Crippen LogP contribution is -2.41. The van der Waals surface area contributed by atoms with Crippen molar-refractivity contribution in [2.75, 3.05) is 0 Å². The minimum atomic E-state index is -4.75. The highest BCUT2D eigenvalue weighted by atomic mass is 19.4. The average Bonchev–Trinajstić information content (AvgIpc) is 2.50. The Morgan fingerprint density at radius 3 is 2.00 bits per heavy atom. The SMILES string of the molecule is C=C/C(OC(F)(F)F)=C(C)\C=C\B1OC(C)(C)C(C)(C)O1. The molecule has 21 heavy (non-hydrogen) atoms. The third-order valence-electron chi connectivity index (χ3n) is 3.57. The van der Waals surface area contributed by atoms with Crippen molar-refractivity contribution in [1.82, 2.24) is 0 Å². The quantitative estimate of drug-likeness (QED) is 0.443. The Bertz CT molecular complexity index is 449. The summed E-state index contributed by atoms with van der Waals surface area (Å²) in [6, 6.07) is 0. The van der Waals surface area contributed by atoms with E-state index in [9.17, 15) is 13.2 Å². The minimum Gasteiger partial charge on any atom is -0.406 e. The summed E-state index contributed by atoms with van der Waals surface area (Å²) in [4.78, 5) is 0. The molecule has 118 valence electrons. The van der Waals surface area contributed by atoms with Gasteiger partial charge in [0.1, 0.15) is 5.76 Å². The Kier molecular flexibility index (Phi) is 5.00. The van der Waals surface area contributed by atoms with Crippen molar-refractivity contribution < 1.29 is 27.2 Å². The van der Waals surface area contributed by atoms with Crippen molar-refractivity contribution in [3.63, 3.8) is 0 Å². The zero-order valence-corrected chi connectivity index (χ0v) is 12.9. The summed E-state index contributed by atoms with van der Waals surface area (Å²) in [6.07, 6.45) is -2.27. The fraction of sp³-hybridized carbons (Fsp3) is 0.571. The van der Waals surface area contributed by atoms with E-state index in [-0.39, 0.29) is 11.3 Å². The number of rotatable bonds is 4. The molecule has 0 aromatic carbocycles. The van der Waals surface area contributed by atoms with Crippen molar-refractivity contribution in [2.45, 2.75) is 52.2 Å². The molecule has 7 heteroatoms. The molecule has 0 aromatic heterocycles. The second kappa shape index (κ2) is 5.89. The van der Waals surface area contributed by atoms with Crippen LogP contribution in [0, 0.1) is 0 Å². The Balaban J connectivity index is 2.83. The van der Waals surface area contributed by atoms with Crippen molar-refractivity contribution in [3.8, 4) is 0 Å². The third kappa shape index (κ3) is 4.64. The van der Waals surface area contributed by atoms with Crippen molar-refractivity contribution in [3.05, 3.63) is 36.0 Å². The average molecular weight is 304 g/mol. The van der Waals surface area contributed by atoms with Gasteiger partial charge in [-0.1, -0.05) is 18.6 Å². The molecule has 1 aliphatic rings. The van der Waals surface area contributed by atoms with Crippen LogP contribution in [-0.4, -0.2) is 24.7 Å². The van der Waals surface area contributed by atoms with Crippen molar-refractivity contribution in [1.29, 1.82) is 0 Å². The van der Waals surface area contributed by atoms with Gasteiger partial charge in [-0.05, 0) is 46.3 Å². The van der Waals surface area contributed by atoms with Crippen LogP contribution < -0.4 is 0 Å². The van der Waals surface area contributed by atoms with E-state index in [1.165, 1.54) is 13.0 Å². The van der Waals surface area contributed by atoms with E-state index in [0.29, 0.717) is 0 Å². The monoisotopic (exact) mass is 304 g/mol. The van der Waals surface area contributed by atoms with Crippen LogP contribution in [0.15, 0.2) is 36.0 Å². The first-order valence-electron chi connectivity index (χ1n) is 6.51. The van der Waals surface area contributed by atoms with Crippen molar-refractivity contribution >= 4 is 7.12 Å². The molecule has 1 fully saturated rings. The van der Waals surface area contributed by atoms with Crippen LogP contribution >= 0.6 is 0 Å². The molecule has 0 radical (unpaired) electrons. The van der Waals surface area contributed by atoms with E-state index in [4.69, 9.17) is 9.31 Å². The summed E-state index contributed by atoms with van der Waals surface area (Å²) in [5.41, 5.74) is -0.718. The van der Waals surface area contributed by atoms with E-state index < -0.39 is 24.7 Å². The molecule has 0 amide bonds. The molecule has 1 aliphatic heterocycles. The van der Waals surface area contributed by atoms with Crippen LogP contribution in [0.4, 0.5) is 13.2 Å². The maximum Gasteiger partial charge on any atom is 0.573 e. The van der Waals surface area contributed by atoms with Gasteiger partial charge in [0.25, 0.3) is 0 Å². The number of hydrogen-bond acceptors (Lipinski definition) is 3. The molecular weight excluding hydrogens is 284 g/mol. The standard InChI is InChI=1S/C14H20BF3O3/c1-7-11(19-14(16,17)18)10(2)8-9-15-20-12(3,4)13(5,6)21-15/h7-9H,1H2,2-6H3/b9-8+,11-10+. The molecule has 1 rings (SSSR count). The maximum absolute atomic E-state index is 12.2. The summed E-state index contributed by atoms with van der Waals surface area (Å²) in [5.74, 6) is 1.20. The molecule has 0 saturated carbocycles. The lowest BCUT2D eigenvalue weighted by atomic mass is 9.89. The summed E-state index contributed by atoms with van der Waals surface area (Å²) in [6.45, 7) is 12.4. The molecular formula is C14H20BF3O3. The van der Waals surface area contributed by atoms with Gasteiger partial charge in [0.05, 0.1) is 11.2 Å². The highest BCUT2D eigenvalue weighted by molar-refractivity contribution is 6.51. The number of hydrogen-bond donors (Lipinski definition) is 0. The Hall–Kier alpha value is -1.21. The molecule has 3 nitrogen and oxygen atoms in total. The fourth-order valence-electron chi connectivity index (χ4n) is 1.68.